The van der Waals surface area contributed by atoms with Gasteiger partial charge in [0.2, 0.25) is 0 Å². The van der Waals surface area contributed by atoms with Gasteiger partial charge in [-0.1, -0.05) is 65.4 Å². The Morgan fingerprint density at radius 1 is 1.22 bits per heavy atom. The predicted octanol–water partition coefficient (Wildman–Crippen LogP) is 5.41. The molecule has 2 aromatic rings. The first-order chi connectivity index (χ1) is 12.9. The van der Waals surface area contributed by atoms with Crippen molar-refractivity contribution in [1.82, 2.24) is 4.90 Å². The minimum Gasteiger partial charge on any atom is -0.493 e. The van der Waals surface area contributed by atoms with Crippen molar-refractivity contribution in [3.63, 3.8) is 0 Å². The van der Waals surface area contributed by atoms with Gasteiger partial charge in [0.1, 0.15) is 10.9 Å². The smallest absolute Gasteiger partial charge is 0.265 e. The molecule has 0 bridgehead atoms. The molecular formula is C19H15Cl2NO3S2. The van der Waals surface area contributed by atoms with Crippen molar-refractivity contribution in [2.45, 2.75) is 6.61 Å². The van der Waals surface area contributed by atoms with Crippen LogP contribution in [0.5, 0.6) is 11.5 Å². The van der Waals surface area contributed by atoms with E-state index in [1.807, 2.05) is 18.2 Å². The van der Waals surface area contributed by atoms with Crippen LogP contribution in [0.15, 0.2) is 41.3 Å². The van der Waals surface area contributed by atoms with E-state index in [9.17, 15) is 4.79 Å². The number of hydrogen-bond donors (Lipinski definition) is 0. The largest absolute Gasteiger partial charge is 0.493 e. The molecule has 4 nitrogen and oxygen atoms in total. The molecule has 1 aliphatic rings. The maximum atomic E-state index is 12.2. The third-order valence-corrected chi connectivity index (χ3v) is 6.00. The van der Waals surface area contributed by atoms with E-state index in [2.05, 4.69) is 0 Å². The van der Waals surface area contributed by atoms with Crippen molar-refractivity contribution in [2.24, 2.45) is 0 Å². The van der Waals surface area contributed by atoms with Crippen LogP contribution in [-0.2, 0) is 11.4 Å². The fourth-order valence-electron chi connectivity index (χ4n) is 2.43. The molecule has 0 saturated carbocycles. The molecule has 0 spiro atoms. The molecular weight excluding hydrogens is 425 g/mol. The van der Waals surface area contributed by atoms with Gasteiger partial charge in [-0.25, -0.2) is 0 Å². The van der Waals surface area contributed by atoms with E-state index in [-0.39, 0.29) is 12.5 Å². The lowest BCUT2D eigenvalue weighted by Crippen LogP contribution is -2.22. The number of thiocarbonyl (C=S) groups is 1. The Morgan fingerprint density at radius 2 is 1.96 bits per heavy atom. The molecule has 0 aliphatic carbocycles. The van der Waals surface area contributed by atoms with Crippen molar-refractivity contribution < 1.29 is 14.3 Å². The summed E-state index contributed by atoms with van der Waals surface area (Å²) in [7, 11) is 3.18. The Bertz CT molecular complexity index is 947. The number of likely N-dealkylation sites (N-methyl/N-ethyl adjacent to an activating group) is 1. The highest BCUT2D eigenvalue weighted by atomic mass is 35.5. The summed E-state index contributed by atoms with van der Waals surface area (Å²) in [5, 5.41) is 0.991. The van der Waals surface area contributed by atoms with Crippen LogP contribution >= 0.6 is 47.2 Å². The second kappa shape index (κ2) is 8.52. The number of carbonyl (C=O) groups is 1. The molecule has 1 saturated heterocycles. The quantitative estimate of drug-likeness (QED) is 0.459. The van der Waals surface area contributed by atoms with Crippen LogP contribution in [-0.4, -0.2) is 29.3 Å². The Hall–Kier alpha value is -1.73. The molecule has 3 rings (SSSR count). The Kier molecular flexibility index (Phi) is 6.32. The molecule has 1 amide bonds. The predicted molar refractivity (Wildman–Crippen MR) is 115 cm³/mol. The van der Waals surface area contributed by atoms with Gasteiger partial charge < -0.3 is 9.47 Å². The molecule has 0 N–H and O–H groups in total. The lowest BCUT2D eigenvalue weighted by molar-refractivity contribution is -0.121. The van der Waals surface area contributed by atoms with Crippen LogP contribution in [0.4, 0.5) is 0 Å². The summed E-state index contributed by atoms with van der Waals surface area (Å²) < 4.78 is 11.8. The molecule has 0 unspecified atom stereocenters. The number of thioether (sulfide) groups is 1. The summed E-state index contributed by atoms with van der Waals surface area (Å²) in [5.74, 6) is 0.742. The van der Waals surface area contributed by atoms with Gasteiger partial charge in [-0.3, -0.25) is 9.69 Å². The van der Waals surface area contributed by atoms with Crippen molar-refractivity contribution in [3.8, 4) is 11.5 Å². The topological polar surface area (TPSA) is 38.8 Å². The van der Waals surface area contributed by atoms with Gasteiger partial charge in [0, 0.05) is 17.6 Å². The number of benzene rings is 2. The van der Waals surface area contributed by atoms with E-state index in [1.165, 1.54) is 23.8 Å². The Labute approximate surface area is 177 Å². The van der Waals surface area contributed by atoms with Crippen molar-refractivity contribution in [1.29, 1.82) is 0 Å². The zero-order valence-electron chi connectivity index (χ0n) is 14.5. The number of nitrogens with zero attached hydrogens (tertiary/aromatic N) is 1. The second-order valence-corrected chi connectivity index (χ2v) is 8.15. The van der Waals surface area contributed by atoms with Crippen LogP contribution in [0.25, 0.3) is 6.08 Å². The highest BCUT2D eigenvalue weighted by Crippen LogP contribution is 2.39. The summed E-state index contributed by atoms with van der Waals surface area (Å²) in [5.41, 5.74) is 1.56. The van der Waals surface area contributed by atoms with Crippen LogP contribution < -0.4 is 9.47 Å². The number of rotatable bonds is 5. The molecule has 140 valence electrons. The minimum absolute atomic E-state index is 0.140. The number of methoxy groups -OCH3 is 1. The highest BCUT2D eigenvalue weighted by molar-refractivity contribution is 8.26. The molecule has 1 aliphatic heterocycles. The average molecular weight is 440 g/mol. The molecule has 0 radical (unpaired) electrons. The number of hydrogen-bond acceptors (Lipinski definition) is 5. The first kappa shape index (κ1) is 20.0. The first-order valence-corrected chi connectivity index (χ1v) is 9.84. The van der Waals surface area contributed by atoms with Gasteiger partial charge in [-0.05, 0) is 29.8 Å². The summed E-state index contributed by atoms with van der Waals surface area (Å²) in [6.45, 7) is 0.254. The molecule has 2 aromatic carbocycles. The van der Waals surface area contributed by atoms with Crippen LogP contribution in [0, 0.1) is 0 Å². The number of amides is 1. The van der Waals surface area contributed by atoms with Crippen LogP contribution in [0.3, 0.4) is 0 Å². The minimum atomic E-state index is -0.140. The maximum Gasteiger partial charge on any atom is 0.265 e. The fraction of sp³-hybridized carbons (Fsp3) is 0.158. The zero-order chi connectivity index (χ0) is 19.6. The van der Waals surface area contributed by atoms with Crippen LogP contribution in [0.1, 0.15) is 11.1 Å². The number of carbonyl (C=O) groups excluding carboxylic acids is 1. The van der Waals surface area contributed by atoms with Gasteiger partial charge in [-0.2, -0.15) is 0 Å². The molecule has 0 aromatic heterocycles. The Morgan fingerprint density at radius 3 is 2.59 bits per heavy atom. The standard InChI is InChI=1S/C19H15Cl2NO3S2/c1-22-18(23)16(27-19(22)26)9-11-7-14(21)17(15(8-11)24-2)25-10-12-5-3-4-6-13(12)20/h3-9H,10H2,1-2H3/b16-9+. The Balaban J connectivity index is 1.87. The molecule has 27 heavy (non-hydrogen) atoms. The monoisotopic (exact) mass is 439 g/mol. The van der Waals surface area contributed by atoms with Gasteiger partial charge >= 0.3 is 0 Å². The first-order valence-electron chi connectivity index (χ1n) is 7.86. The van der Waals surface area contributed by atoms with E-state index >= 15 is 0 Å². The molecule has 1 heterocycles. The molecule has 0 atom stereocenters. The summed E-state index contributed by atoms with van der Waals surface area (Å²) in [6.07, 6.45) is 1.73. The number of halogens is 2. The van der Waals surface area contributed by atoms with Gasteiger partial charge in [0.05, 0.1) is 17.0 Å². The third-order valence-electron chi connectivity index (χ3n) is 3.87. The summed E-state index contributed by atoms with van der Waals surface area (Å²) >= 11 is 19.0. The van der Waals surface area contributed by atoms with E-state index in [0.29, 0.717) is 30.8 Å². The fourth-order valence-corrected chi connectivity index (χ4v) is 4.07. The molecule has 8 heteroatoms. The van der Waals surface area contributed by atoms with Crippen molar-refractivity contribution in [3.05, 3.63) is 62.5 Å². The highest BCUT2D eigenvalue weighted by Gasteiger charge is 2.28. The van der Waals surface area contributed by atoms with Gasteiger partial charge in [0.25, 0.3) is 5.91 Å². The lowest BCUT2D eigenvalue weighted by atomic mass is 10.1. The summed E-state index contributed by atoms with van der Waals surface area (Å²) in [4.78, 5) is 14.1. The third kappa shape index (κ3) is 4.41. The SMILES string of the molecule is COc1cc(/C=C2/SC(=S)N(C)C2=O)cc(Cl)c1OCc1ccccc1Cl. The second-order valence-electron chi connectivity index (χ2n) is 5.65. The lowest BCUT2D eigenvalue weighted by Gasteiger charge is -2.14. The summed E-state index contributed by atoms with van der Waals surface area (Å²) in [6, 6.07) is 10.9. The maximum absolute atomic E-state index is 12.2. The van der Waals surface area contributed by atoms with E-state index in [4.69, 9.17) is 44.9 Å². The van der Waals surface area contributed by atoms with Gasteiger partial charge in [-0.15, -0.1) is 0 Å². The molecule has 1 fully saturated rings. The van der Waals surface area contributed by atoms with Crippen LogP contribution in [0.2, 0.25) is 10.0 Å². The van der Waals surface area contributed by atoms with Crippen molar-refractivity contribution >= 4 is 63.5 Å². The van der Waals surface area contributed by atoms with Crippen molar-refractivity contribution in [2.75, 3.05) is 14.2 Å². The zero-order valence-corrected chi connectivity index (χ0v) is 17.6. The van der Waals surface area contributed by atoms with Gasteiger partial charge in [0.15, 0.2) is 11.5 Å². The van der Waals surface area contributed by atoms with E-state index in [1.54, 1.807) is 31.3 Å². The normalized spacial score (nSPS) is 15.6. The average Bonchev–Trinajstić information content (AvgIpc) is 2.88. The van der Waals surface area contributed by atoms with E-state index < -0.39 is 0 Å². The van der Waals surface area contributed by atoms with E-state index in [0.717, 1.165) is 11.1 Å². The number of ether oxygens (including phenoxy) is 2.